The first-order chi connectivity index (χ1) is 6.60. The van der Waals surface area contributed by atoms with Gasteiger partial charge in [0.05, 0.1) is 7.11 Å². The molecule has 4 heteroatoms. The Labute approximate surface area is 92.6 Å². The van der Waals surface area contributed by atoms with Gasteiger partial charge < -0.3 is 16.2 Å². The van der Waals surface area contributed by atoms with Gasteiger partial charge in [-0.2, -0.15) is 0 Å². The second-order valence-electron chi connectivity index (χ2n) is 3.13. The van der Waals surface area contributed by atoms with Crippen molar-refractivity contribution in [2.24, 2.45) is 5.73 Å². The van der Waals surface area contributed by atoms with Crippen LogP contribution >= 0.6 is 15.9 Å². The maximum Gasteiger partial charge on any atom is 0.125 e. The average Bonchev–Trinajstić information content (AvgIpc) is 2.20. The smallest absolute Gasteiger partial charge is 0.125 e. The molecule has 0 radical (unpaired) electrons. The molecule has 0 aliphatic heterocycles. The van der Waals surface area contributed by atoms with E-state index in [-0.39, 0.29) is 6.04 Å². The van der Waals surface area contributed by atoms with E-state index in [1.807, 2.05) is 13.0 Å². The Morgan fingerprint density at radius 1 is 1.50 bits per heavy atom. The van der Waals surface area contributed by atoms with Crippen molar-refractivity contribution >= 4 is 21.6 Å². The van der Waals surface area contributed by atoms with Crippen LogP contribution in [0.2, 0.25) is 0 Å². The van der Waals surface area contributed by atoms with Crippen molar-refractivity contribution in [3.05, 3.63) is 22.2 Å². The van der Waals surface area contributed by atoms with E-state index in [4.69, 9.17) is 16.2 Å². The Hall–Kier alpha value is -0.740. The van der Waals surface area contributed by atoms with E-state index in [1.165, 1.54) is 0 Å². The zero-order valence-corrected chi connectivity index (χ0v) is 9.97. The van der Waals surface area contributed by atoms with E-state index in [9.17, 15) is 0 Å². The summed E-state index contributed by atoms with van der Waals surface area (Å²) in [5.41, 5.74) is 13.3. The van der Waals surface area contributed by atoms with Gasteiger partial charge in [0, 0.05) is 27.8 Å². The minimum atomic E-state index is -0.0122. The summed E-state index contributed by atoms with van der Waals surface area (Å²) in [6.45, 7) is 2.04. The summed E-state index contributed by atoms with van der Waals surface area (Å²) >= 11 is 3.37. The van der Waals surface area contributed by atoms with Gasteiger partial charge in [0.15, 0.2) is 0 Å². The number of hydrogen-bond donors (Lipinski definition) is 2. The molecule has 14 heavy (non-hydrogen) atoms. The molecule has 0 heterocycles. The fourth-order valence-electron chi connectivity index (χ4n) is 1.27. The molecule has 0 bridgehead atoms. The number of halogens is 1. The van der Waals surface area contributed by atoms with Gasteiger partial charge in [-0.15, -0.1) is 0 Å². The molecule has 0 spiro atoms. The van der Waals surface area contributed by atoms with Crippen molar-refractivity contribution in [3.8, 4) is 5.75 Å². The van der Waals surface area contributed by atoms with Crippen molar-refractivity contribution in [1.82, 2.24) is 0 Å². The topological polar surface area (TPSA) is 61.3 Å². The third kappa shape index (κ3) is 2.19. The minimum absolute atomic E-state index is 0.0122. The summed E-state index contributed by atoms with van der Waals surface area (Å²) in [6, 6.07) is 3.69. The van der Waals surface area contributed by atoms with Crippen LogP contribution < -0.4 is 16.2 Å². The molecule has 0 saturated heterocycles. The normalized spacial score (nSPS) is 12.6. The van der Waals surface area contributed by atoms with E-state index in [0.717, 1.165) is 22.2 Å². The monoisotopic (exact) mass is 258 g/mol. The van der Waals surface area contributed by atoms with Crippen LogP contribution in [0.15, 0.2) is 16.6 Å². The van der Waals surface area contributed by atoms with Gasteiger partial charge in [0.25, 0.3) is 0 Å². The lowest BCUT2D eigenvalue weighted by Gasteiger charge is -2.15. The van der Waals surface area contributed by atoms with Crippen LogP contribution in [-0.2, 0) is 0 Å². The molecule has 0 amide bonds. The summed E-state index contributed by atoms with van der Waals surface area (Å²) in [7, 11) is 1.62. The molecule has 0 fully saturated rings. The SMILES string of the molecule is CCC(N)c1cc(Br)c(N)cc1OC. The number of nitrogens with two attached hydrogens (primary N) is 2. The maximum absolute atomic E-state index is 5.95. The van der Waals surface area contributed by atoms with E-state index in [1.54, 1.807) is 13.2 Å². The highest BCUT2D eigenvalue weighted by molar-refractivity contribution is 9.10. The molecule has 0 aliphatic rings. The lowest BCUT2D eigenvalue weighted by atomic mass is 10.0. The molecule has 1 aromatic carbocycles. The summed E-state index contributed by atoms with van der Waals surface area (Å²) in [4.78, 5) is 0. The molecule has 1 atom stereocenters. The second kappa shape index (κ2) is 4.66. The van der Waals surface area contributed by atoms with Crippen LogP contribution in [0.1, 0.15) is 24.9 Å². The van der Waals surface area contributed by atoms with Crippen LogP contribution in [0.5, 0.6) is 5.75 Å². The molecule has 0 aromatic heterocycles. The Bertz CT molecular complexity index is 328. The number of ether oxygens (including phenoxy) is 1. The lowest BCUT2D eigenvalue weighted by molar-refractivity contribution is 0.405. The molecule has 3 nitrogen and oxygen atoms in total. The maximum atomic E-state index is 5.95. The van der Waals surface area contributed by atoms with Crippen molar-refractivity contribution in [1.29, 1.82) is 0 Å². The van der Waals surface area contributed by atoms with E-state index in [2.05, 4.69) is 15.9 Å². The van der Waals surface area contributed by atoms with Crippen LogP contribution in [-0.4, -0.2) is 7.11 Å². The zero-order valence-electron chi connectivity index (χ0n) is 8.38. The van der Waals surface area contributed by atoms with Crippen molar-refractivity contribution in [3.63, 3.8) is 0 Å². The van der Waals surface area contributed by atoms with Gasteiger partial charge in [-0.05, 0) is 28.4 Å². The highest BCUT2D eigenvalue weighted by Crippen LogP contribution is 2.32. The Morgan fingerprint density at radius 2 is 2.14 bits per heavy atom. The highest BCUT2D eigenvalue weighted by Gasteiger charge is 2.12. The van der Waals surface area contributed by atoms with E-state index in [0.29, 0.717) is 5.69 Å². The lowest BCUT2D eigenvalue weighted by Crippen LogP contribution is -2.10. The van der Waals surface area contributed by atoms with Gasteiger partial charge >= 0.3 is 0 Å². The van der Waals surface area contributed by atoms with Crippen molar-refractivity contribution in [2.75, 3.05) is 12.8 Å². The quantitative estimate of drug-likeness (QED) is 0.819. The first kappa shape index (κ1) is 11.3. The predicted molar refractivity (Wildman–Crippen MR) is 62.3 cm³/mol. The zero-order chi connectivity index (χ0) is 10.7. The predicted octanol–water partition coefficient (Wildman–Crippen LogP) is 2.45. The Balaban J connectivity index is 3.19. The van der Waals surface area contributed by atoms with Crippen molar-refractivity contribution in [2.45, 2.75) is 19.4 Å². The Morgan fingerprint density at radius 3 is 2.64 bits per heavy atom. The first-order valence-corrected chi connectivity index (χ1v) is 5.28. The molecule has 4 N–H and O–H groups in total. The molecular formula is C10H15BrN2O. The number of methoxy groups -OCH3 is 1. The highest BCUT2D eigenvalue weighted by atomic mass is 79.9. The van der Waals surface area contributed by atoms with Crippen LogP contribution in [0, 0.1) is 0 Å². The summed E-state index contributed by atoms with van der Waals surface area (Å²) in [5.74, 6) is 0.750. The molecule has 78 valence electrons. The largest absolute Gasteiger partial charge is 0.496 e. The van der Waals surface area contributed by atoms with Crippen LogP contribution in [0.4, 0.5) is 5.69 Å². The van der Waals surface area contributed by atoms with Gasteiger partial charge in [-0.1, -0.05) is 6.92 Å². The third-order valence-corrected chi connectivity index (χ3v) is 2.88. The number of hydrogen-bond acceptors (Lipinski definition) is 3. The fraction of sp³-hybridized carbons (Fsp3) is 0.400. The number of anilines is 1. The van der Waals surface area contributed by atoms with Gasteiger partial charge in [0.2, 0.25) is 0 Å². The molecule has 1 unspecified atom stereocenters. The fourth-order valence-corrected chi connectivity index (χ4v) is 1.63. The molecule has 1 aromatic rings. The molecule has 0 aliphatic carbocycles. The van der Waals surface area contributed by atoms with Gasteiger partial charge in [-0.3, -0.25) is 0 Å². The standard InChI is InChI=1S/C10H15BrN2O/c1-3-8(12)6-4-7(11)9(13)5-10(6)14-2/h4-5,8H,3,12-13H2,1-2H3. The van der Waals surface area contributed by atoms with E-state index >= 15 is 0 Å². The van der Waals surface area contributed by atoms with Gasteiger partial charge in [0.1, 0.15) is 5.75 Å². The molecule has 1 rings (SSSR count). The summed E-state index contributed by atoms with van der Waals surface area (Å²) in [6.07, 6.45) is 0.868. The number of nitrogen functional groups attached to an aromatic ring is 1. The van der Waals surface area contributed by atoms with Gasteiger partial charge in [-0.25, -0.2) is 0 Å². The number of benzene rings is 1. The first-order valence-electron chi connectivity index (χ1n) is 4.48. The Kier molecular flexibility index (Phi) is 3.77. The summed E-state index contributed by atoms with van der Waals surface area (Å²) < 4.78 is 6.08. The van der Waals surface area contributed by atoms with Crippen LogP contribution in [0.3, 0.4) is 0 Å². The molecule has 0 saturated carbocycles. The second-order valence-corrected chi connectivity index (χ2v) is 3.98. The van der Waals surface area contributed by atoms with E-state index < -0.39 is 0 Å². The summed E-state index contributed by atoms with van der Waals surface area (Å²) in [5, 5.41) is 0. The van der Waals surface area contributed by atoms with Crippen LogP contribution in [0.25, 0.3) is 0 Å². The molecular weight excluding hydrogens is 244 g/mol. The average molecular weight is 259 g/mol. The van der Waals surface area contributed by atoms with Crippen molar-refractivity contribution < 1.29 is 4.74 Å². The number of rotatable bonds is 3. The minimum Gasteiger partial charge on any atom is -0.496 e. The third-order valence-electron chi connectivity index (χ3n) is 2.19.